The monoisotopic (exact) mass is 331 g/mol. The summed E-state index contributed by atoms with van der Waals surface area (Å²) in [5.74, 6) is 0.474. The molecule has 1 aliphatic rings. The van der Waals surface area contributed by atoms with Gasteiger partial charge in [0, 0.05) is 25.7 Å². The zero-order valence-corrected chi connectivity index (χ0v) is 15.0. The number of ether oxygens (including phenoxy) is 3. The molecule has 0 heterocycles. The van der Waals surface area contributed by atoms with E-state index in [9.17, 15) is 9.90 Å². The lowest BCUT2D eigenvalue weighted by atomic mass is 9.79. The summed E-state index contributed by atoms with van der Waals surface area (Å²) in [6, 6.07) is 0. The van der Waals surface area contributed by atoms with E-state index in [1.54, 1.807) is 7.11 Å². The Morgan fingerprint density at radius 2 is 1.91 bits per heavy atom. The Hall–Kier alpha value is -0.850. The van der Waals surface area contributed by atoms with Crippen LogP contribution in [0.1, 0.15) is 46.5 Å². The molecule has 6 nitrogen and oxygen atoms in total. The van der Waals surface area contributed by atoms with Crippen molar-refractivity contribution in [3.05, 3.63) is 0 Å². The van der Waals surface area contributed by atoms with Crippen LogP contribution in [0.4, 0.5) is 4.79 Å². The second-order valence-electron chi connectivity index (χ2n) is 7.36. The van der Waals surface area contributed by atoms with E-state index in [1.165, 1.54) is 0 Å². The van der Waals surface area contributed by atoms with Gasteiger partial charge in [-0.3, -0.25) is 0 Å². The van der Waals surface area contributed by atoms with E-state index in [1.807, 2.05) is 20.8 Å². The van der Waals surface area contributed by atoms with Gasteiger partial charge in [-0.2, -0.15) is 0 Å². The van der Waals surface area contributed by atoms with Gasteiger partial charge in [-0.1, -0.05) is 0 Å². The molecule has 136 valence electrons. The molecule has 1 unspecified atom stereocenters. The van der Waals surface area contributed by atoms with E-state index < -0.39 is 11.7 Å². The number of nitrogens with one attached hydrogen (secondary N) is 1. The SMILES string of the molecule is COCCOCCCC(CO)(CNC(=O)OC(C)(C)C)C1CC1. The molecular formula is C17H33NO5. The van der Waals surface area contributed by atoms with E-state index in [0.717, 1.165) is 25.7 Å². The quantitative estimate of drug-likeness (QED) is 0.568. The van der Waals surface area contributed by atoms with E-state index >= 15 is 0 Å². The second-order valence-corrected chi connectivity index (χ2v) is 7.36. The molecule has 0 spiro atoms. The molecule has 0 bridgehead atoms. The highest BCUT2D eigenvalue weighted by Crippen LogP contribution is 2.47. The highest BCUT2D eigenvalue weighted by atomic mass is 16.6. The van der Waals surface area contributed by atoms with Gasteiger partial charge < -0.3 is 24.6 Å². The average Bonchev–Trinajstić information content (AvgIpc) is 3.29. The molecule has 0 saturated heterocycles. The molecule has 1 aliphatic carbocycles. The number of aliphatic hydroxyl groups is 1. The Kier molecular flexibility index (Phi) is 8.29. The normalized spacial score (nSPS) is 17.6. The molecule has 1 rings (SSSR count). The summed E-state index contributed by atoms with van der Waals surface area (Å²) >= 11 is 0. The number of hydrogen-bond acceptors (Lipinski definition) is 5. The van der Waals surface area contributed by atoms with Crippen LogP contribution in [0, 0.1) is 11.3 Å². The topological polar surface area (TPSA) is 77.0 Å². The minimum atomic E-state index is -0.513. The largest absolute Gasteiger partial charge is 0.444 e. The molecule has 1 saturated carbocycles. The van der Waals surface area contributed by atoms with Crippen LogP contribution >= 0.6 is 0 Å². The van der Waals surface area contributed by atoms with Crippen LogP contribution in [0.2, 0.25) is 0 Å². The first kappa shape index (κ1) is 20.2. The van der Waals surface area contributed by atoms with Crippen molar-refractivity contribution in [2.45, 2.75) is 52.1 Å². The van der Waals surface area contributed by atoms with Gasteiger partial charge in [0.15, 0.2) is 0 Å². The molecule has 23 heavy (non-hydrogen) atoms. The highest BCUT2D eigenvalue weighted by Gasteiger charge is 2.44. The van der Waals surface area contributed by atoms with Crippen molar-refractivity contribution < 1.29 is 24.1 Å². The number of alkyl carbamates (subject to hydrolysis) is 1. The molecule has 1 fully saturated rings. The number of carbonyl (C=O) groups excluding carboxylic acids is 1. The van der Waals surface area contributed by atoms with Crippen molar-refractivity contribution in [1.29, 1.82) is 0 Å². The lowest BCUT2D eigenvalue weighted by Gasteiger charge is -2.33. The summed E-state index contributed by atoms with van der Waals surface area (Å²) in [6.45, 7) is 7.85. The van der Waals surface area contributed by atoms with Gasteiger partial charge in [0.2, 0.25) is 0 Å². The number of hydrogen-bond donors (Lipinski definition) is 2. The van der Waals surface area contributed by atoms with Crippen LogP contribution in [-0.2, 0) is 14.2 Å². The summed E-state index contributed by atoms with van der Waals surface area (Å²) in [5.41, 5.74) is -0.776. The maximum Gasteiger partial charge on any atom is 0.407 e. The molecule has 6 heteroatoms. The molecule has 0 aliphatic heterocycles. The lowest BCUT2D eigenvalue weighted by Crippen LogP contribution is -2.43. The predicted molar refractivity (Wildman–Crippen MR) is 88.4 cm³/mol. The van der Waals surface area contributed by atoms with Crippen LogP contribution in [0.3, 0.4) is 0 Å². The molecule has 2 N–H and O–H groups in total. The fourth-order valence-corrected chi connectivity index (χ4v) is 2.73. The summed E-state index contributed by atoms with van der Waals surface area (Å²) in [6.07, 6.45) is 3.49. The fourth-order valence-electron chi connectivity index (χ4n) is 2.73. The van der Waals surface area contributed by atoms with Crippen LogP contribution < -0.4 is 5.32 Å². The van der Waals surface area contributed by atoms with E-state index in [0.29, 0.717) is 32.3 Å². The number of rotatable bonds is 11. The first-order valence-electron chi connectivity index (χ1n) is 8.47. The van der Waals surface area contributed by atoms with Crippen LogP contribution in [0.15, 0.2) is 0 Å². The molecule has 0 aromatic rings. The molecule has 1 amide bonds. The van der Waals surface area contributed by atoms with Crippen molar-refractivity contribution in [2.24, 2.45) is 11.3 Å². The summed E-state index contributed by atoms with van der Waals surface area (Å²) in [4.78, 5) is 11.9. The lowest BCUT2D eigenvalue weighted by molar-refractivity contribution is 0.0354. The molecular weight excluding hydrogens is 298 g/mol. The van der Waals surface area contributed by atoms with Gasteiger partial charge in [0.1, 0.15) is 5.60 Å². The standard InChI is InChI=1S/C17H33NO5/c1-16(2,3)23-15(20)18-12-17(13-19,14-6-7-14)8-5-9-22-11-10-21-4/h14,19H,5-13H2,1-4H3,(H,18,20). The first-order chi connectivity index (χ1) is 10.8. The second kappa shape index (κ2) is 9.45. The van der Waals surface area contributed by atoms with Gasteiger partial charge in [0.05, 0.1) is 19.8 Å². The average molecular weight is 331 g/mol. The summed E-state index contributed by atoms with van der Waals surface area (Å²) in [7, 11) is 1.65. The Bertz CT molecular complexity index is 351. The van der Waals surface area contributed by atoms with Crippen molar-refractivity contribution in [3.63, 3.8) is 0 Å². The first-order valence-corrected chi connectivity index (χ1v) is 8.47. The van der Waals surface area contributed by atoms with Crippen molar-refractivity contribution >= 4 is 6.09 Å². The Morgan fingerprint density at radius 3 is 2.43 bits per heavy atom. The van der Waals surface area contributed by atoms with Gasteiger partial charge in [0.25, 0.3) is 0 Å². The van der Waals surface area contributed by atoms with E-state index in [4.69, 9.17) is 14.2 Å². The van der Waals surface area contributed by atoms with Gasteiger partial charge >= 0.3 is 6.09 Å². The zero-order valence-electron chi connectivity index (χ0n) is 15.0. The van der Waals surface area contributed by atoms with Crippen molar-refractivity contribution in [3.8, 4) is 0 Å². The third-order valence-electron chi connectivity index (χ3n) is 4.14. The molecule has 0 aromatic heterocycles. The minimum absolute atomic E-state index is 0.0749. The van der Waals surface area contributed by atoms with Crippen molar-refractivity contribution in [2.75, 3.05) is 40.1 Å². The van der Waals surface area contributed by atoms with Gasteiger partial charge in [-0.05, 0) is 52.4 Å². The van der Waals surface area contributed by atoms with Gasteiger partial charge in [-0.25, -0.2) is 4.79 Å². The van der Waals surface area contributed by atoms with E-state index in [2.05, 4.69) is 5.32 Å². The summed E-state index contributed by atoms with van der Waals surface area (Å²) < 4.78 is 15.7. The third-order valence-corrected chi connectivity index (χ3v) is 4.14. The molecule has 0 radical (unpaired) electrons. The number of amides is 1. The van der Waals surface area contributed by atoms with E-state index in [-0.39, 0.29) is 12.0 Å². The number of carbonyl (C=O) groups is 1. The maximum atomic E-state index is 11.9. The Labute approximate surface area is 139 Å². The Balaban J connectivity index is 2.40. The third kappa shape index (κ3) is 7.99. The fraction of sp³-hybridized carbons (Fsp3) is 0.941. The zero-order chi connectivity index (χ0) is 17.3. The summed E-state index contributed by atoms with van der Waals surface area (Å²) in [5, 5.41) is 12.8. The van der Waals surface area contributed by atoms with Gasteiger partial charge in [-0.15, -0.1) is 0 Å². The molecule has 0 aromatic carbocycles. The van der Waals surface area contributed by atoms with Crippen LogP contribution in [0.5, 0.6) is 0 Å². The smallest absolute Gasteiger partial charge is 0.407 e. The Morgan fingerprint density at radius 1 is 1.22 bits per heavy atom. The maximum absolute atomic E-state index is 11.9. The number of aliphatic hydroxyl groups excluding tert-OH is 1. The van der Waals surface area contributed by atoms with Crippen LogP contribution in [-0.4, -0.2) is 56.9 Å². The van der Waals surface area contributed by atoms with Crippen LogP contribution in [0.25, 0.3) is 0 Å². The minimum Gasteiger partial charge on any atom is -0.444 e. The highest BCUT2D eigenvalue weighted by molar-refractivity contribution is 5.67. The number of methoxy groups -OCH3 is 1. The molecule has 1 atom stereocenters. The predicted octanol–water partition coefficient (Wildman–Crippen LogP) is 2.34. The van der Waals surface area contributed by atoms with Crippen molar-refractivity contribution in [1.82, 2.24) is 5.32 Å².